The maximum atomic E-state index is 12.4. The van der Waals surface area contributed by atoms with Crippen LogP contribution in [-0.2, 0) is 4.79 Å². The minimum atomic E-state index is -0.238. The molecule has 0 aliphatic heterocycles. The number of amides is 1. The fourth-order valence-electron chi connectivity index (χ4n) is 3.15. The topological polar surface area (TPSA) is 60.5 Å². The van der Waals surface area contributed by atoms with Crippen molar-refractivity contribution < 1.29 is 14.3 Å². The third kappa shape index (κ3) is 4.41. The normalized spacial score (nSPS) is 10.6. The molecule has 4 rings (SSSR count). The number of ether oxygens (including phenoxy) is 2. The Bertz CT molecular complexity index is 1170. The van der Waals surface area contributed by atoms with E-state index in [1.54, 1.807) is 31.4 Å². The Hall–Kier alpha value is -3.86. The summed E-state index contributed by atoms with van der Waals surface area (Å²) in [6.45, 7) is 1.95. The van der Waals surface area contributed by atoms with Crippen LogP contribution < -0.4 is 14.8 Å². The molecular formula is C25H22N2O3. The number of hydrogen-bond acceptors (Lipinski definition) is 4. The molecule has 0 fully saturated rings. The Labute approximate surface area is 175 Å². The molecule has 1 aromatic heterocycles. The standard InChI is InChI=1S/C25H22N2O3/c1-17-7-9-18(10-8-17)23-15-24(21-5-3-4-6-22(21)27-23)30-16-25(28)26-19-11-13-20(29-2)14-12-19/h3-15H,16H2,1-2H3,(H,26,28). The molecule has 5 heteroatoms. The summed E-state index contributed by atoms with van der Waals surface area (Å²) >= 11 is 0. The summed E-state index contributed by atoms with van der Waals surface area (Å²) in [5.74, 6) is 1.12. The van der Waals surface area contributed by atoms with Crippen LogP contribution in [0.3, 0.4) is 0 Å². The molecule has 0 saturated heterocycles. The number of aromatic nitrogens is 1. The number of fused-ring (bicyclic) bond motifs is 1. The Kier molecular flexibility index (Phi) is 5.61. The molecule has 150 valence electrons. The first-order valence-electron chi connectivity index (χ1n) is 9.66. The van der Waals surface area contributed by atoms with Gasteiger partial charge < -0.3 is 14.8 Å². The van der Waals surface area contributed by atoms with Crippen LogP contribution in [-0.4, -0.2) is 24.6 Å². The molecule has 0 bridgehead atoms. The van der Waals surface area contributed by atoms with Crippen molar-refractivity contribution in [1.29, 1.82) is 0 Å². The second kappa shape index (κ2) is 8.66. The number of anilines is 1. The zero-order valence-electron chi connectivity index (χ0n) is 16.9. The molecule has 4 aromatic rings. The van der Waals surface area contributed by atoms with Gasteiger partial charge in [-0.1, -0.05) is 42.0 Å². The summed E-state index contributed by atoms with van der Waals surface area (Å²) in [6, 6.07) is 25.0. The van der Waals surface area contributed by atoms with Gasteiger partial charge in [-0.15, -0.1) is 0 Å². The summed E-state index contributed by atoms with van der Waals surface area (Å²) in [5, 5.41) is 3.70. The summed E-state index contributed by atoms with van der Waals surface area (Å²) < 4.78 is 11.0. The Morgan fingerprint density at radius 3 is 2.43 bits per heavy atom. The third-order valence-corrected chi connectivity index (χ3v) is 4.76. The number of pyridine rings is 1. The number of benzene rings is 3. The largest absolute Gasteiger partial charge is 0.497 e. The van der Waals surface area contributed by atoms with Crippen LogP contribution in [0.1, 0.15) is 5.56 Å². The zero-order chi connectivity index (χ0) is 20.9. The average Bonchev–Trinajstić information content (AvgIpc) is 2.78. The van der Waals surface area contributed by atoms with E-state index in [9.17, 15) is 4.79 Å². The summed E-state index contributed by atoms with van der Waals surface area (Å²) in [4.78, 5) is 17.1. The number of nitrogens with zero attached hydrogens (tertiary/aromatic N) is 1. The summed E-state index contributed by atoms with van der Waals surface area (Å²) in [5.41, 5.74) is 4.50. The Morgan fingerprint density at radius 1 is 0.967 bits per heavy atom. The van der Waals surface area contributed by atoms with Gasteiger partial charge in [-0.3, -0.25) is 4.79 Å². The predicted molar refractivity (Wildman–Crippen MR) is 119 cm³/mol. The van der Waals surface area contributed by atoms with E-state index in [0.717, 1.165) is 27.9 Å². The summed E-state index contributed by atoms with van der Waals surface area (Å²) in [7, 11) is 1.60. The maximum Gasteiger partial charge on any atom is 0.262 e. The van der Waals surface area contributed by atoms with E-state index in [-0.39, 0.29) is 12.5 Å². The number of methoxy groups -OCH3 is 1. The van der Waals surface area contributed by atoms with Gasteiger partial charge in [-0.2, -0.15) is 0 Å². The van der Waals surface area contributed by atoms with Crippen LogP contribution in [0.25, 0.3) is 22.2 Å². The van der Waals surface area contributed by atoms with Gasteiger partial charge in [0, 0.05) is 22.7 Å². The first kappa shape index (κ1) is 19.5. The molecular weight excluding hydrogens is 376 g/mol. The minimum Gasteiger partial charge on any atom is -0.497 e. The van der Waals surface area contributed by atoms with Gasteiger partial charge >= 0.3 is 0 Å². The fraction of sp³-hybridized carbons (Fsp3) is 0.120. The van der Waals surface area contributed by atoms with Gasteiger partial charge in [0.1, 0.15) is 11.5 Å². The van der Waals surface area contributed by atoms with Gasteiger partial charge in [-0.05, 0) is 43.3 Å². The zero-order valence-corrected chi connectivity index (χ0v) is 16.9. The van der Waals surface area contributed by atoms with Crippen LogP contribution >= 0.6 is 0 Å². The van der Waals surface area contributed by atoms with Crippen molar-refractivity contribution in [2.75, 3.05) is 19.0 Å². The van der Waals surface area contributed by atoms with Crippen molar-refractivity contribution in [3.63, 3.8) is 0 Å². The second-order valence-corrected chi connectivity index (χ2v) is 6.95. The molecule has 0 spiro atoms. The Morgan fingerprint density at radius 2 is 1.70 bits per heavy atom. The third-order valence-electron chi connectivity index (χ3n) is 4.76. The van der Waals surface area contributed by atoms with E-state index >= 15 is 0 Å². The number of rotatable bonds is 6. The predicted octanol–water partition coefficient (Wildman–Crippen LogP) is 5.24. The molecule has 0 radical (unpaired) electrons. The molecule has 3 aromatic carbocycles. The number of aryl methyl sites for hydroxylation is 1. The molecule has 5 nitrogen and oxygen atoms in total. The molecule has 1 N–H and O–H groups in total. The van der Waals surface area contributed by atoms with E-state index in [4.69, 9.17) is 14.5 Å². The van der Waals surface area contributed by atoms with Crippen LogP contribution in [0.2, 0.25) is 0 Å². The van der Waals surface area contributed by atoms with Crippen LogP contribution in [0.15, 0.2) is 78.9 Å². The van der Waals surface area contributed by atoms with E-state index in [1.165, 1.54) is 5.56 Å². The van der Waals surface area contributed by atoms with Gasteiger partial charge in [0.2, 0.25) is 0 Å². The van der Waals surface area contributed by atoms with Crippen molar-refractivity contribution in [3.05, 3.63) is 84.4 Å². The average molecular weight is 398 g/mol. The highest BCUT2D eigenvalue weighted by Gasteiger charge is 2.11. The molecule has 0 atom stereocenters. The first-order valence-corrected chi connectivity index (χ1v) is 9.66. The number of carbonyl (C=O) groups excluding carboxylic acids is 1. The maximum absolute atomic E-state index is 12.4. The monoisotopic (exact) mass is 398 g/mol. The highest BCUT2D eigenvalue weighted by molar-refractivity contribution is 5.93. The van der Waals surface area contributed by atoms with Crippen LogP contribution in [0.4, 0.5) is 5.69 Å². The van der Waals surface area contributed by atoms with Crippen LogP contribution in [0.5, 0.6) is 11.5 Å². The lowest BCUT2D eigenvalue weighted by atomic mass is 10.1. The molecule has 0 aliphatic rings. The van der Waals surface area contributed by atoms with E-state index in [2.05, 4.69) is 17.4 Å². The number of para-hydroxylation sites is 1. The summed E-state index contributed by atoms with van der Waals surface area (Å²) in [6.07, 6.45) is 0. The van der Waals surface area contributed by atoms with Crippen molar-refractivity contribution in [3.8, 4) is 22.8 Å². The molecule has 0 unspecified atom stereocenters. The molecule has 30 heavy (non-hydrogen) atoms. The minimum absolute atomic E-state index is 0.104. The molecule has 0 saturated carbocycles. The lowest BCUT2D eigenvalue weighted by molar-refractivity contribution is -0.118. The number of carbonyl (C=O) groups is 1. The van der Waals surface area contributed by atoms with Gasteiger partial charge in [0.25, 0.3) is 5.91 Å². The van der Waals surface area contributed by atoms with E-state index in [1.807, 2.05) is 49.4 Å². The molecule has 1 heterocycles. The van der Waals surface area contributed by atoms with Gasteiger partial charge in [-0.25, -0.2) is 4.98 Å². The molecule has 0 aliphatic carbocycles. The Balaban J connectivity index is 1.55. The highest BCUT2D eigenvalue weighted by Crippen LogP contribution is 2.30. The number of hydrogen-bond donors (Lipinski definition) is 1. The van der Waals surface area contributed by atoms with E-state index in [0.29, 0.717) is 11.4 Å². The quantitative estimate of drug-likeness (QED) is 0.483. The highest BCUT2D eigenvalue weighted by atomic mass is 16.5. The van der Waals surface area contributed by atoms with Gasteiger partial charge in [0.05, 0.1) is 18.3 Å². The second-order valence-electron chi connectivity index (χ2n) is 6.95. The van der Waals surface area contributed by atoms with Crippen molar-refractivity contribution >= 4 is 22.5 Å². The molecule has 1 amide bonds. The van der Waals surface area contributed by atoms with E-state index < -0.39 is 0 Å². The number of nitrogens with one attached hydrogen (secondary N) is 1. The first-order chi connectivity index (χ1) is 14.6. The van der Waals surface area contributed by atoms with Crippen molar-refractivity contribution in [2.45, 2.75) is 6.92 Å². The van der Waals surface area contributed by atoms with Crippen LogP contribution in [0, 0.1) is 6.92 Å². The van der Waals surface area contributed by atoms with Gasteiger partial charge in [0.15, 0.2) is 6.61 Å². The lowest BCUT2D eigenvalue weighted by Gasteiger charge is -2.12. The van der Waals surface area contributed by atoms with Crippen molar-refractivity contribution in [1.82, 2.24) is 4.98 Å². The van der Waals surface area contributed by atoms with Crippen molar-refractivity contribution in [2.24, 2.45) is 0 Å². The lowest BCUT2D eigenvalue weighted by Crippen LogP contribution is -2.20. The fourth-order valence-corrected chi connectivity index (χ4v) is 3.15. The smallest absolute Gasteiger partial charge is 0.262 e. The SMILES string of the molecule is COc1ccc(NC(=O)COc2cc(-c3ccc(C)cc3)nc3ccccc23)cc1.